The van der Waals surface area contributed by atoms with Crippen molar-refractivity contribution in [2.24, 2.45) is 0 Å². The summed E-state index contributed by atoms with van der Waals surface area (Å²) in [5, 5.41) is 4.56. The molecule has 0 unspecified atom stereocenters. The normalized spacial score (nSPS) is 10.7. The molecule has 3 aromatic rings. The Kier molecular flexibility index (Phi) is 5.14. The molecule has 0 saturated heterocycles. The fourth-order valence-corrected chi connectivity index (χ4v) is 2.84. The third kappa shape index (κ3) is 3.42. The van der Waals surface area contributed by atoms with Gasteiger partial charge < -0.3 is 9.42 Å². The number of hydrogen-bond acceptors (Lipinski definition) is 4. The van der Waals surface area contributed by atoms with E-state index in [4.69, 9.17) is 16.1 Å². The summed E-state index contributed by atoms with van der Waals surface area (Å²) in [5.74, 6) is 0.634. The van der Waals surface area contributed by atoms with Crippen LogP contribution in [0.25, 0.3) is 22.8 Å². The first-order valence-corrected chi connectivity index (χ1v) is 8.50. The Labute approximate surface area is 151 Å². The van der Waals surface area contributed by atoms with Gasteiger partial charge in [-0.2, -0.15) is 4.98 Å². The van der Waals surface area contributed by atoms with Gasteiger partial charge in [-0.1, -0.05) is 41.0 Å². The highest BCUT2D eigenvalue weighted by molar-refractivity contribution is 6.33. The summed E-state index contributed by atoms with van der Waals surface area (Å²) >= 11 is 6.19. The smallest absolute Gasteiger partial charge is 0.259 e. The van der Waals surface area contributed by atoms with Gasteiger partial charge in [-0.05, 0) is 38.1 Å². The van der Waals surface area contributed by atoms with Gasteiger partial charge in [-0.25, -0.2) is 0 Å². The summed E-state index contributed by atoms with van der Waals surface area (Å²) in [5.41, 5.74) is 1.84. The molecule has 0 fully saturated rings. The second-order valence-electron chi connectivity index (χ2n) is 5.43. The standard InChI is InChI=1S/C19H18ClN3O2/c1-3-23(4-2)19(24)14-10-6-5-9-13(14)18-21-17(22-25-18)15-11-7-8-12-16(15)20/h5-12H,3-4H2,1-2H3. The summed E-state index contributed by atoms with van der Waals surface area (Å²) in [4.78, 5) is 18.9. The molecule has 1 heterocycles. The number of carbonyl (C=O) groups is 1. The summed E-state index contributed by atoms with van der Waals surface area (Å²) in [6.07, 6.45) is 0. The van der Waals surface area contributed by atoms with Crippen LogP contribution in [0.3, 0.4) is 0 Å². The molecule has 1 amide bonds. The van der Waals surface area contributed by atoms with E-state index in [-0.39, 0.29) is 5.91 Å². The van der Waals surface area contributed by atoms with E-state index < -0.39 is 0 Å². The molecule has 3 rings (SSSR count). The molecule has 0 aliphatic heterocycles. The van der Waals surface area contributed by atoms with Crippen LogP contribution in [0.1, 0.15) is 24.2 Å². The molecule has 25 heavy (non-hydrogen) atoms. The third-order valence-electron chi connectivity index (χ3n) is 3.98. The van der Waals surface area contributed by atoms with E-state index in [9.17, 15) is 4.79 Å². The molecular formula is C19H18ClN3O2. The summed E-state index contributed by atoms with van der Waals surface area (Å²) in [6, 6.07) is 14.5. The van der Waals surface area contributed by atoms with Gasteiger partial charge in [-0.3, -0.25) is 4.79 Å². The van der Waals surface area contributed by atoms with Gasteiger partial charge in [0.1, 0.15) is 0 Å². The van der Waals surface area contributed by atoms with Crippen LogP contribution in [0.15, 0.2) is 53.1 Å². The molecular weight excluding hydrogens is 338 g/mol. The molecule has 0 radical (unpaired) electrons. The first-order valence-electron chi connectivity index (χ1n) is 8.13. The van der Waals surface area contributed by atoms with E-state index in [2.05, 4.69) is 10.1 Å². The second-order valence-corrected chi connectivity index (χ2v) is 5.83. The average molecular weight is 356 g/mol. The second kappa shape index (κ2) is 7.49. The Bertz CT molecular complexity index is 888. The number of hydrogen-bond donors (Lipinski definition) is 0. The minimum atomic E-state index is -0.0573. The summed E-state index contributed by atoms with van der Waals surface area (Å²) in [7, 11) is 0. The molecule has 0 bridgehead atoms. The molecule has 0 saturated carbocycles. The molecule has 0 aliphatic rings. The molecule has 0 spiro atoms. The van der Waals surface area contributed by atoms with E-state index in [0.717, 1.165) is 0 Å². The number of nitrogens with zero attached hydrogens (tertiary/aromatic N) is 3. The Hall–Kier alpha value is -2.66. The van der Waals surface area contributed by atoms with Gasteiger partial charge in [0.15, 0.2) is 0 Å². The van der Waals surface area contributed by atoms with E-state index in [0.29, 0.717) is 46.5 Å². The molecule has 0 aliphatic carbocycles. The minimum absolute atomic E-state index is 0.0573. The zero-order valence-electron chi connectivity index (χ0n) is 14.1. The monoisotopic (exact) mass is 355 g/mol. The predicted molar refractivity (Wildman–Crippen MR) is 97.4 cm³/mol. The Balaban J connectivity index is 2.02. The maximum atomic E-state index is 12.7. The van der Waals surface area contributed by atoms with E-state index in [1.165, 1.54) is 0 Å². The zero-order chi connectivity index (χ0) is 17.8. The number of benzene rings is 2. The minimum Gasteiger partial charge on any atom is -0.339 e. The lowest BCUT2D eigenvalue weighted by Crippen LogP contribution is -2.30. The highest BCUT2D eigenvalue weighted by Crippen LogP contribution is 2.29. The average Bonchev–Trinajstić information content (AvgIpc) is 3.12. The zero-order valence-corrected chi connectivity index (χ0v) is 14.8. The molecule has 6 heteroatoms. The van der Waals surface area contributed by atoms with Gasteiger partial charge in [0.2, 0.25) is 5.82 Å². The predicted octanol–water partition coefficient (Wildman–Crippen LogP) is 4.54. The highest BCUT2D eigenvalue weighted by Gasteiger charge is 2.21. The lowest BCUT2D eigenvalue weighted by Gasteiger charge is -2.19. The van der Waals surface area contributed by atoms with Gasteiger partial charge >= 0.3 is 0 Å². The Morgan fingerprint density at radius 2 is 1.68 bits per heavy atom. The Morgan fingerprint density at radius 1 is 1.04 bits per heavy atom. The molecule has 1 aromatic heterocycles. The number of amides is 1. The van der Waals surface area contributed by atoms with Gasteiger partial charge in [-0.15, -0.1) is 0 Å². The first-order chi connectivity index (χ1) is 12.2. The van der Waals surface area contributed by atoms with Crippen molar-refractivity contribution in [3.63, 3.8) is 0 Å². The lowest BCUT2D eigenvalue weighted by atomic mass is 10.1. The summed E-state index contributed by atoms with van der Waals surface area (Å²) in [6.45, 7) is 5.18. The van der Waals surface area contributed by atoms with Crippen molar-refractivity contribution >= 4 is 17.5 Å². The van der Waals surface area contributed by atoms with Crippen LogP contribution in [-0.4, -0.2) is 34.0 Å². The van der Waals surface area contributed by atoms with Crippen LogP contribution < -0.4 is 0 Å². The fraction of sp³-hybridized carbons (Fsp3) is 0.211. The van der Waals surface area contributed by atoms with Gasteiger partial charge in [0, 0.05) is 18.7 Å². The Morgan fingerprint density at radius 3 is 2.36 bits per heavy atom. The van der Waals surface area contributed by atoms with Crippen molar-refractivity contribution in [1.29, 1.82) is 0 Å². The van der Waals surface area contributed by atoms with Crippen molar-refractivity contribution < 1.29 is 9.32 Å². The van der Waals surface area contributed by atoms with Crippen molar-refractivity contribution in [1.82, 2.24) is 15.0 Å². The quantitative estimate of drug-likeness (QED) is 0.674. The molecule has 0 N–H and O–H groups in total. The van der Waals surface area contributed by atoms with Gasteiger partial charge in [0.05, 0.1) is 16.1 Å². The summed E-state index contributed by atoms with van der Waals surface area (Å²) < 4.78 is 5.41. The topological polar surface area (TPSA) is 59.2 Å². The SMILES string of the molecule is CCN(CC)C(=O)c1ccccc1-c1nc(-c2ccccc2Cl)no1. The van der Waals surface area contributed by atoms with E-state index in [1.807, 2.05) is 44.2 Å². The molecule has 128 valence electrons. The van der Waals surface area contributed by atoms with Crippen molar-refractivity contribution in [2.45, 2.75) is 13.8 Å². The van der Waals surface area contributed by atoms with Crippen molar-refractivity contribution in [3.8, 4) is 22.8 Å². The molecule has 5 nitrogen and oxygen atoms in total. The molecule has 2 aromatic carbocycles. The largest absolute Gasteiger partial charge is 0.339 e. The highest BCUT2D eigenvalue weighted by atomic mass is 35.5. The lowest BCUT2D eigenvalue weighted by molar-refractivity contribution is 0.0773. The molecule has 0 atom stereocenters. The van der Waals surface area contributed by atoms with Crippen LogP contribution in [0.2, 0.25) is 5.02 Å². The number of carbonyl (C=O) groups excluding carboxylic acids is 1. The number of halogens is 1. The number of rotatable bonds is 5. The fourth-order valence-electron chi connectivity index (χ4n) is 2.62. The van der Waals surface area contributed by atoms with Crippen LogP contribution in [0.4, 0.5) is 0 Å². The van der Waals surface area contributed by atoms with E-state index in [1.54, 1.807) is 23.1 Å². The number of aromatic nitrogens is 2. The maximum Gasteiger partial charge on any atom is 0.259 e. The maximum absolute atomic E-state index is 12.7. The van der Waals surface area contributed by atoms with Gasteiger partial charge in [0.25, 0.3) is 11.8 Å². The first kappa shape index (κ1) is 17.2. The van der Waals surface area contributed by atoms with Crippen LogP contribution in [0.5, 0.6) is 0 Å². The van der Waals surface area contributed by atoms with Crippen LogP contribution in [0, 0.1) is 0 Å². The van der Waals surface area contributed by atoms with Crippen LogP contribution >= 0.6 is 11.6 Å². The third-order valence-corrected chi connectivity index (χ3v) is 4.31. The van der Waals surface area contributed by atoms with Crippen molar-refractivity contribution in [2.75, 3.05) is 13.1 Å². The van der Waals surface area contributed by atoms with Crippen LogP contribution in [-0.2, 0) is 0 Å². The van der Waals surface area contributed by atoms with E-state index >= 15 is 0 Å². The van der Waals surface area contributed by atoms with Crippen molar-refractivity contribution in [3.05, 3.63) is 59.1 Å².